The highest BCUT2D eigenvalue weighted by atomic mass is 15.0. The van der Waals surface area contributed by atoms with Crippen LogP contribution in [-0.4, -0.2) is 8.80 Å². The molecule has 0 saturated heterocycles. The Balaban J connectivity index is 1.62. The van der Waals surface area contributed by atoms with E-state index < -0.39 is 0 Å². The van der Waals surface area contributed by atoms with Crippen molar-refractivity contribution in [3.05, 3.63) is 132 Å². The molecule has 0 N–H and O–H groups in total. The second-order valence-electron chi connectivity index (χ2n) is 12.2. The summed E-state index contributed by atoms with van der Waals surface area (Å²) in [6.07, 6.45) is 0. The van der Waals surface area contributed by atoms with E-state index in [1.807, 2.05) is 0 Å². The van der Waals surface area contributed by atoms with Gasteiger partial charge in [-0.25, -0.2) is 0 Å². The van der Waals surface area contributed by atoms with Gasteiger partial charge in [0.1, 0.15) is 0 Å². The van der Waals surface area contributed by atoms with Crippen molar-refractivity contribution in [3.63, 3.8) is 0 Å². The largest absolute Gasteiger partial charge is 0.307 e. The number of fused-ring (bicyclic) bond motifs is 13. The molecule has 6 aromatic carbocycles. The molecule has 0 bridgehead atoms. The Kier molecular flexibility index (Phi) is 3.79. The zero-order valence-electron chi connectivity index (χ0n) is 22.9. The number of benzene rings is 6. The van der Waals surface area contributed by atoms with Crippen LogP contribution in [0, 0.1) is 0 Å². The predicted octanol–water partition coefficient (Wildman–Crippen LogP) is 10.3. The molecule has 0 saturated carbocycles. The highest BCUT2D eigenvalue weighted by Gasteiger charge is 2.36. The summed E-state index contributed by atoms with van der Waals surface area (Å²) < 4.78 is 5.07. The predicted molar refractivity (Wildman–Crippen MR) is 173 cm³/mol. The van der Waals surface area contributed by atoms with Crippen LogP contribution in [0.15, 0.2) is 121 Å². The molecule has 3 aromatic heterocycles. The third-order valence-corrected chi connectivity index (χ3v) is 9.84. The Morgan fingerprint density at radius 1 is 0.390 bits per heavy atom. The van der Waals surface area contributed by atoms with Gasteiger partial charge in [-0.2, -0.15) is 0 Å². The third kappa shape index (κ3) is 2.46. The van der Waals surface area contributed by atoms with Gasteiger partial charge in [-0.05, 0) is 52.6 Å². The third-order valence-electron chi connectivity index (χ3n) is 9.84. The molecule has 0 unspecified atom stereocenters. The first kappa shape index (κ1) is 21.7. The zero-order valence-corrected chi connectivity index (χ0v) is 22.9. The van der Waals surface area contributed by atoms with Gasteiger partial charge in [0.15, 0.2) is 0 Å². The Morgan fingerprint density at radius 3 is 1.68 bits per heavy atom. The molecule has 1 aliphatic carbocycles. The van der Waals surface area contributed by atoms with Crippen LogP contribution in [0.25, 0.3) is 76.5 Å². The van der Waals surface area contributed by atoms with E-state index >= 15 is 0 Å². The van der Waals surface area contributed by atoms with E-state index in [0.717, 1.165) is 0 Å². The van der Waals surface area contributed by atoms with Crippen molar-refractivity contribution in [2.75, 3.05) is 0 Å². The minimum atomic E-state index is -0.0776. The number of para-hydroxylation sites is 4. The first-order valence-electron chi connectivity index (χ1n) is 14.5. The fourth-order valence-electron chi connectivity index (χ4n) is 8.05. The molecule has 0 amide bonds. The van der Waals surface area contributed by atoms with E-state index in [9.17, 15) is 0 Å². The molecule has 192 valence electrons. The summed E-state index contributed by atoms with van der Waals surface area (Å²) >= 11 is 0. The number of hydrogen-bond acceptors (Lipinski definition) is 0. The highest BCUT2D eigenvalue weighted by Crippen LogP contribution is 2.51. The highest BCUT2D eigenvalue weighted by molar-refractivity contribution is 6.23. The average Bonchev–Trinajstić information content (AvgIpc) is 3.60. The first-order chi connectivity index (χ1) is 20.1. The van der Waals surface area contributed by atoms with Gasteiger partial charge in [-0.3, -0.25) is 0 Å². The van der Waals surface area contributed by atoms with Crippen molar-refractivity contribution in [1.82, 2.24) is 8.80 Å². The van der Waals surface area contributed by atoms with Gasteiger partial charge in [0, 0.05) is 37.7 Å². The van der Waals surface area contributed by atoms with Crippen molar-refractivity contribution in [2.24, 2.45) is 0 Å². The Labute approximate surface area is 236 Å². The zero-order chi connectivity index (χ0) is 27.0. The quantitative estimate of drug-likeness (QED) is 0.187. The standard InChI is InChI=1S/C39H26N2/c1-39(2)31-17-6-3-11-23(31)29-21-30-28-15-9-14-26-24-12-4-7-18-33(24)40(37(26)28)35-20-10-16-27-25-13-5-8-19-34(25)41(38(27)35)36(30)22-32(29)39/h3-22H,1-2H3. The number of aromatic nitrogens is 2. The lowest BCUT2D eigenvalue weighted by Gasteiger charge is -2.22. The van der Waals surface area contributed by atoms with Crippen molar-refractivity contribution in [1.29, 1.82) is 0 Å². The lowest BCUT2D eigenvalue weighted by molar-refractivity contribution is 0.661. The molecule has 2 heteroatoms. The van der Waals surface area contributed by atoms with E-state index in [1.165, 1.54) is 87.7 Å². The van der Waals surface area contributed by atoms with E-state index in [1.54, 1.807) is 0 Å². The van der Waals surface area contributed by atoms with Crippen LogP contribution >= 0.6 is 0 Å². The fraction of sp³-hybridized carbons (Fsp3) is 0.0769. The number of nitrogens with zero attached hydrogens (tertiary/aromatic N) is 2. The summed E-state index contributed by atoms with van der Waals surface area (Å²) in [7, 11) is 0. The average molecular weight is 523 g/mol. The summed E-state index contributed by atoms with van der Waals surface area (Å²) in [5.41, 5.74) is 13.0. The second-order valence-corrected chi connectivity index (χ2v) is 12.2. The van der Waals surface area contributed by atoms with Gasteiger partial charge >= 0.3 is 0 Å². The summed E-state index contributed by atoms with van der Waals surface area (Å²) in [6.45, 7) is 4.76. The van der Waals surface area contributed by atoms with Crippen LogP contribution in [0.4, 0.5) is 0 Å². The molecular weight excluding hydrogens is 496 g/mol. The molecule has 0 spiro atoms. The molecule has 41 heavy (non-hydrogen) atoms. The van der Waals surface area contributed by atoms with Gasteiger partial charge in [-0.15, -0.1) is 0 Å². The van der Waals surface area contributed by atoms with Crippen LogP contribution in [-0.2, 0) is 5.41 Å². The Morgan fingerprint density at radius 2 is 0.927 bits per heavy atom. The smallest absolute Gasteiger partial charge is 0.0782 e. The maximum absolute atomic E-state index is 2.55. The topological polar surface area (TPSA) is 8.82 Å². The molecule has 0 radical (unpaired) electrons. The molecule has 0 aliphatic heterocycles. The molecule has 9 aromatic rings. The minimum absolute atomic E-state index is 0.0776. The van der Waals surface area contributed by atoms with Crippen molar-refractivity contribution in [3.8, 4) is 11.1 Å². The van der Waals surface area contributed by atoms with Crippen molar-refractivity contribution in [2.45, 2.75) is 19.3 Å². The van der Waals surface area contributed by atoms with E-state index in [4.69, 9.17) is 0 Å². The Hall–Kier alpha value is -5.08. The van der Waals surface area contributed by atoms with Gasteiger partial charge in [0.25, 0.3) is 0 Å². The van der Waals surface area contributed by atoms with Gasteiger partial charge < -0.3 is 8.80 Å². The molecule has 0 fully saturated rings. The summed E-state index contributed by atoms with van der Waals surface area (Å²) in [5.74, 6) is 0. The first-order valence-corrected chi connectivity index (χ1v) is 14.5. The van der Waals surface area contributed by atoms with E-state index in [-0.39, 0.29) is 5.41 Å². The van der Waals surface area contributed by atoms with E-state index in [2.05, 4.69) is 144 Å². The maximum atomic E-state index is 2.55. The maximum Gasteiger partial charge on any atom is 0.0782 e. The molecule has 3 heterocycles. The molecule has 1 aliphatic rings. The molecular formula is C39H26N2. The van der Waals surface area contributed by atoms with Crippen molar-refractivity contribution < 1.29 is 0 Å². The SMILES string of the molecule is CC1(C)c2ccccc2-c2cc3c4cccc5c6ccccc6n(c6cccc7c8ccccc8n(c3cc21)c76)c54. The normalized spacial score (nSPS) is 14.3. The van der Waals surface area contributed by atoms with Crippen molar-refractivity contribution >= 4 is 65.4 Å². The van der Waals surface area contributed by atoms with Crippen LogP contribution in [0.1, 0.15) is 25.0 Å². The molecule has 10 rings (SSSR count). The fourth-order valence-corrected chi connectivity index (χ4v) is 8.05. The van der Waals surface area contributed by atoms with Crippen LogP contribution < -0.4 is 0 Å². The summed E-state index contributed by atoms with van der Waals surface area (Å²) in [4.78, 5) is 0. The Bertz CT molecular complexity index is 2610. The van der Waals surface area contributed by atoms with Gasteiger partial charge in [0.2, 0.25) is 0 Å². The molecule has 0 atom stereocenters. The molecule has 2 nitrogen and oxygen atoms in total. The van der Waals surface area contributed by atoms with E-state index in [0.29, 0.717) is 0 Å². The minimum Gasteiger partial charge on any atom is -0.307 e. The number of hydrogen-bond donors (Lipinski definition) is 0. The van der Waals surface area contributed by atoms with Crippen LogP contribution in [0.2, 0.25) is 0 Å². The number of rotatable bonds is 0. The monoisotopic (exact) mass is 522 g/mol. The summed E-state index contributed by atoms with van der Waals surface area (Å²) in [5, 5.41) is 7.73. The lowest BCUT2D eigenvalue weighted by Crippen LogP contribution is -2.15. The summed E-state index contributed by atoms with van der Waals surface area (Å²) in [6, 6.07) is 45.4. The second kappa shape index (κ2) is 7.16. The van der Waals surface area contributed by atoms with Crippen LogP contribution in [0.5, 0.6) is 0 Å². The van der Waals surface area contributed by atoms with Crippen LogP contribution in [0.3, 0.4) is 0 Å². The lowest BCUT2D eigenvalue weighted by atomic mass is 9.82. The van der Waals surface area contributed by atoms with Gasteiger partial charge in [0.05, 0.1) is 33.1 Å². The van der Waals surface area contributed by atoms with Gasteiger partial charge in [-0.1, -0.05) is 105 Å².